The molecule has 0 saturated carbocycles. The Balaban J connectivity index is 2.03. The lowest BCUT2D eigenvalue weighted by Gasteiger charge is -2.12. The summed E-state index contributed by atoms with van der Waals surface area (Å²) in [7, 11) is -3.82. The highest BCUT2D eigenvalue weighted by molar-refractivity contribution is 7.92. The van der Waals surface area contributed by atoms with E-state index >= 15 is 0 Å². The standard InChI is InChI=1S/C14H11ClN4O2S/c15-11-5-1-2-7-13(11)22(20,21)18-12-6-3-8-16-14(12)19-10-4-9-17-19/h1-10,18H. The average Bonchev–Trinajstić information content (AvgIpc) is 3.02. The fourth-order valence-electron chi connectivity index (χ4n) is 1.92. The van der Waals surface area contributed by atoms with Crippen LogP contribution in [-0.4, -0.2) is 23.2 Å². The van der Waals surface area contributed by atoms with Crippen LogP contribution in [-0.2, 0) is 10.0 Å². The number of pyridine rings is 1. The van der Waals surface area contributed by atoms with Gasteiger partial charge >= 0.3 is 0 Å². The van der Waals surface area contributed by atoms with Crippen LogP contribution in [0.3, 0.4) is 0 Å². The van der Waals surface area contributed by atoms with E-state index in [0.29, 0.717) is 11.5 Å². The molecule has 1 aromatic carbocycles. The van der Waals surface area contributed by atoms with E-state index in [1.54, 1.807) is 48.9 Å². The highest BCUT2D eigenvalue weighted by Gasteiger charge is 2.19. The maximum absolute atomic E-state index is 12.5. The lowest BCUT2D eigenvalue weighted by atomic mass is 10.4. The van der Waals surface area contributed by atoms with Gasteiger partial charge < -0.3 is 0 Å². The quantitative estimate of drug-likeness (QED) is 0.795. The summed E-state index contributed by atoms with van der Waals surface area (Å²) in [5.41, 5.74) is 0.311. The summed E-state index contributed by atoms with van der Waals surface area (Å²) in [4.78, 5) is 4.17. The third-order valence-corrected chi connectivity index (χ3v) is 4.74. The van der Waals surface area contributed by atoms with Crippen molar-refractivity contribution in [3.8, 4) is 5.82 Å². The summed E-state index contributed by atoms with van der Waals surface area (Å²) < 4.78 is 29.0. The van der Waals surface area contributed by atoms with Crippen LogP contribution in [0.25, 0.3) is 5.82 Å². The summed E-state index contributed by atoms with van der Waals surface area (Å²) in [5.74, 6) is 0.378. The van der Waals surface area contributed by atoms with E-state index in [1.165, 1.54) is 16.8 Å². The second-order valence-electron chi connectivity index (χ2n) is 4.36. The number of sulfonamides is 1. The molecule has 0 radical (unpaired) electrons. The molecule has 0 fully saturated rings. The van der Waals surface area contributed by atoms with E-state index in [0.717, 1.165) is 0 Å². The second-order valence-corrected chi connectivity index (χ2v) is 6.42. The molecule has 0 aliphatic carbocycles. The Bertz CT molecular complexity index is 895. The minimum atomic E-state index is -3.82. The monoisotopic (exact) mass is 334 g/mol. The number of rotatable bonds is 4. The molecule has 2 aromatic heterocycles. The highest BCUT2D eigenvalue weighted by atomic mass is 35.5. The van der Waals surface area contributed by atoms with Gasteiger partial charge in [-0.3, -0.25) is 4.72 Å². The Morgan fingerprint density at radius 3 is 2.59 bits per heavy atom. The van der Waals surface area contributed by atoms with Gasteiger partial charge in [-0.25, -0.2) is 18.1 Å². The van der Waals surface area contributed by atoms with Crippen LogP contribution in [0.15, 0.2) is 66.0 Å². The van der Waals surface area contributed by atoms with Crippen molar-refractivity contribution >= 4 is 27.3 Å². The largest absolute Gasteiger partial charge is 0.276 e. The van der Waals surface area contributed by atoms with E-state index in [1.807, 2.05) is 0 Å². The maximum Gasteiger partial charge on any atom is 0.263 e. The molecule has 0 aliphatic rings. The first-order chi connectivity index (χ1) is 10.6. The summed E-state index contributed by atoms with van der Waals surface area (Å²) in [6, 6.07) is 11.2. The number of hydrogen-bond acceptors (Lipinski definition) is 4. The molecule has 3 aromatic rings. The van der Waals surface area contributed by atoms with Crippen LogP contribution in [0, 0.1) is 0 Å². The Hall–Kier alpha value is -2.38. The van der Waals surface area contributed by atoms with Crippen molar-refractivity contribution in [2.75, 3.05) is 4.72 Å². The summed E-state index contributed by atoms with van der Waals surface area (Å²) in [6.07, 6.45) is 4.82. The molecule has 0 aliphatic heterocycles. The first-order valence-electron chi connectivity index (χ1n) is 6.30. The van der Waals surface area contributed by atoms with E-state index in [9.17, 15) is 8.42 Å². The van der Waals surface area contributed by atoms with Gasteiger partial charge in [-0.05, 0) is 30.3 Å². The third kappa shape index (κ3) is 2.81. The Kier molecular flexibility index (Phi) is 3.82. The number of anilines is 1. The van der Waals surface area contributed by atoms with Gasteiger partial charge in [0.05, 0.1) is 10.7 Å². The molecule has 112 valence electrons. The van der Waals surface area contributed by atoms with Gasteiger partial charge in [0.15, 0.2) is 5.82 Å². The normalized spacial score (nSPS) is 11.3. The minimum absolute atomic E-state index is 0.00642. The van der Waals surface area contributed by atoms with Crippen LogP contribution >= 0.6 is 11.6 Å². The summed E-state index contributed by atoms with van der Waals surface area (Å²) in [6.45, 7) is 0. The van der Waals surface area contributed by atoms with Gasteiger partial charge in [0.2, 0.25) is 0 Å². The molecule has 1 N–H and O–H groups in total. The molecule has 6 nitrogen and oxygen atoms in total. The molecule has 0 unspecified atom stereocenters. The van der Waals surface area contributed by atoms with Gasteiger partial charge in [0.25, 0.3) is 10.0 Å². The Morgan fingerprint density at radius 2 is 1.86 bits per heavy atom. The number of aromatic nitrogens is 3. The molecule has 22 heavy (non-hydrogen) atoms. The van der Waals surface area contributed by atoms with E-state index in [-0.39, 0.29) is 9.92 Å². The molecular weight excluding hydrogens is 324 g/mol. The van der Waals surface area contributed by atoms with Crippen molar-refractivity contribution in [2.45, 2.75) is 4.90 Å². The van der Waals surface area contributed by atoms with Gasteiger partial charge in [-0.2, -0.15) is 5.10 Å². The number of benzene rings is 1. The molecule has 0 spiro atoms. The SMILES string of the molecule is O=S(=O)(Nc1cccnc1-n1cccn1)c1ccccc1Cl. The molecule has 0 amide bonds. The molecule has 0 atom stereocenters. The second kappa shape index (κ2) is 5.78. The summed E-state index contributed by atoms with van der Waals surface area (Å²) in [5, 5.41) is 4.21. The van der Waals surface area contributed by atoms with Crippen molar-refractivity contribution < 1.29 is 8.42 Å². The molecule has 0 bridgehead atoms. The summed E-state index contributed by atoms with van der Waals surface area (Å²) >= 11 is 5.96. The van der Waals surface area contributed by atoms with Crippen LogP contribution in [0.5, 0.6) is 0 Å². The average molecular weight is 335 g/mol. The highest BCUT2D eigenvalue weighted by Crippen LogP contribution is 2.25. The molecule has 0 saturated heterocycles. The van der Waals surface area contributed by atoms with E-state index in [2.05, 4.69) is 14.8 Å². The molecule has 8 heteroatoms. The number of hydrogen-bond donors (Lipinski definition) is 1. The molecule has 2 heterocycles. The van der Waals surface area contributed by atoms with Gasteiger partial charge in [-0.1, -0.05) is 23.7 Å². The number of halogens is 1. The lowest BCUT2D eigenvalue weighted by molar-refractivity contribution is 0.601. The minimum Gasteiger partial charge on any atom is -0.276 e. The van der Waals surface area contributed by atoms with Crippen LogP contribution in [0.1, 0.15) is 0 Å². The smallest absolute Gasteiger partial charge is 0.263 e. The van der Waals surface area contributed by atoms with Crippen LogP contribution < -0.4 is 4.72 Å². The Labute approximate surface area is 132 Å². The molecular formula is C14H11ClN4O2S. The maximum atomic E-state index is 12.5. The van der Waals surface area contributed by atoms with Crippen molar-refractivity contribution in [3.63, 3.8) is 0 Å². The zero-order valence-corrected chi connectivity index (χ0v) is 12.8. The molecule has 3 rings (SSSR count). The predicted octanol–water partition coefficient (Wildman–Crippen LogP) is 2.72. The first-order valence-corrected chi connectivity index (χ1v) is 8.16. The zero-order chi connectivity index (χ0) is 15.6. The van der Waals surface area contributed by atoms with Gasteiger partial charge in [-0.15, -0.1) is 0 Å². The van der Waals surface area contributed by atoms with Gasteiger partial charge in [0, 0.05) is 18.6 Å². The first kappa shape index (κ1) is 14.6. The van der Waals surface area contributed by atoms with Crippen molar-refractivity contribution in [2.24, 2.45) is 0 Å². The van der Waals surface area contributed by atoms with Crippen molar-refractivity contribution in [1.82, 2.24) is 14.8 Å². The van der Waals surface area contributed by atoms with Crippen LogP contribution in [0.2, 0.25) is 5.02 Å². The fraction of sp³-hybridized carbons (Fsp3) is 0. The van der Waals surface area contributed by atoms with E-state index in [4.69, 9.17) is 11.6 Å². The lowest BCUT2D eigenvalue weighted by Crippen LogP contribution is -2.15. The van der Waals surface area contributed by atoms with Gasteiger partial charge in [0.1, 0.15) is 4.90 Å². The number of nitrogens with zero attached hydrogens (tertiary/aromatic N) is 3. The third-order valence-electron chi connectivity index (χ3n) is 2.88. The van der Waals surface area contributed by atoms with Crippen molar-refractivity contribution in [1.29, 1.82) is 0 Å². The fourth-order valence-corrected chi connectivity index (χ4v) is 3.50. The van der Waals surface area contributed by atoms with Crippen molar-refractivity contribution in [3.05, 3.63) is 66.1 Å². The topological polar surface area (TPSA) is 76.9 Å². The Morgan fingerprint density at radius 1 is 1.05 bits per heavy atom. The van der Waals surface area contributed by atoms with Crippen LogP contribution in [0.4, 0.5) is 5.69 Å². The zero-order valence-electron chi connectivity index (χ0n) is 11.2. The van der Waals surface area contributed by atoms with E-state index < -0.39 is 10.0 Å². The predicted molar refractivity (Wildman–Crippen MR) is 83.6 cm³/mol. The number of nitrogens with one attached hydrogen (secondary N) is 1.